The van der Waals surface area contributed by atoms with E-state index < -0.39 is 0 Å². The Morgan fingerprint density at radius 3 is 3.06 bits per heavy atom. The van der Waals surface area contributed by atoms with Crippen LogP contribution in [0.25, 0.3) is 0 Å². The number of aryl methyl sites for hydroxylation is 1. The largest absolute Gasteiger partial charge is 0.310 e. The van der Waals surface area contributed by atoms with Crippen molar-refractivity contribution in [3.63, 3.8) is 0 Å². The Morgan fingerprint density at radius 2 is 2.44 bits per heavy atom. The fourth-order valence-corrected chi connectivity index (χ4v) is 2.30. The number of aromatic amines is 1. The maximum Gasteiger partial charge on any atom is 0.0937 e. The van der Waals surface area contributed by atoms with Crippen LogP contribution in [-0.4, -0.2) is 21.7 Å². The standard InChI is InChI=1S/C11H16N4S/c1-8(10-7-14-15-9(10)2)12-4-3-11-13-5-6-16-11/h5-8,12H,3-4H2,1-2H3,(H,14,15). The second kappa shape index (κ2) is 5.23. The smallest absolute Gasteiger partial charge is 0.0937 e. The summed E-state index contributed by atoms with van der Waals surface area (Å²) in [4.78, 5) is 4.25. The van der Waals surface area contributed by atoms with Crippen molar-refractivity contribution in [2.24, 2.45) is 0 Å². The van der Waals surface area contributed by atoms with Gasteiger partial charge in [-0.05, 0) is 13.8 Å². The lowest BCUT2D eigenvalue weighted by atomic mass is 10.1. The van der Waals surface area contributed by atoms with Crippen molar-refractivity contribution in [1.29, 1.82) is 0 Å². The van der Waals surface area contributed by atoms with E-state index in [0.29, 0.717) is 6.04 Å². The van der Waals surface area contributed by atoms with Gasteiger partial charge in [0.1, 0.15) is 0 Å². The van der Waals surface area contributed by atoms with Crippen LogP contribution in [0.4, 0.5) is 0 Å². The molecule has 1 atom stereocenters. The summed E-state index contributed by atoms with van der Waals surface area (Å²) in [6.07, 6.45) is 4.72. The second-order valence-electron chi connectivity index (χ2n) is 3.80. The van der Waals surface area contributed by atoms with Crippen LogP contribution in [0.5, 0.6) is 0 Å². The number of rotatable bonds is 5. The summed E-state index contributed by atoms with van der Waals surface area (Å²) >= 11 is 1.71. The zero-order valence-electron chi connectivity index (χ0n) is 9.53. The Bertz CT molecular complexity index is 421. The number of hydrogen-bond acceptors (Lipinski definition) is 4. The molecule has 0 saturated carbocycles. The number of H-pyrrole nitrogens is 1. The van der Waals surface area contributed by atoms with Gasteiger partial charge in [-0.25, -0.2) is 4.98 Å². The molecular formula is C11H16N4S. The minimum atomic E-state index is 0.332. The Kier molecular flexibility index (Phi) is 3.69. The van der Waals surface area contributed by atoms with Crippen LogP contribution in [0.1, 0.15) is 29.2 Å². The summed E-state index contributed by atoms with van der Waals surface area (Å²) in [5.41, 5.74) is 2.37. The molecule has 0 spiro atoms. The molecule has 4 nitrogen and oxygen atoms in total. The fourth-order valence-electron chi connectivity index (χ4n) is 1.68. The summed E-state index contributed by atoms with van der Waals surface area (Å²) in [7, 11) is 0. The Hall–Kier alpha value is -1.20. The molecule has 0 bridgehead atoms. The van der Waals surface area contributed by atoms with Gasteiger partial charge in [0.25, 0.3) is 0 Å². The van der Waals surface area contributed by atoms with Crippen molar-refractivity contribution < 1.29 is 0 Å². The monoisotopic (exact) mass is 236 g/mol. The Balaban J connectivity index is 1.80. The third kappa shape index (κ3) is 2.68. The summed E-state index contributed by atoms with van der Waals surface area (Å²) in [5, 5.41) is 13.6. The van der Waals surface area contributed by atoms with Crippen molar-refractivity contribution >= 4 is 11.3 Å². The molecule has 86 valence electrons. The minimum Gasteiger partial charge on any atom is -0.310 e. The van der Waals surface area contributed by atoms with Gasteiger partial charge in [0.15, 0.2) is 0 Å². The van der Waals surface area contributed by atoms with E-state index in [1.54, 1.807) is 11.3 Å². The maximum atomic E-state index is 4.25. The zero-order chi connectivity index (χ0) is 11.4. The van der Waals surface area contributed by atoms with Crippen molar-refractivity contribution in [3.05, 3.63) is 34.0 Å². The molecule has 2 aromatic heterocycles. The van der Waals surface area contributed by atoms with E-state index in [9.17, 15) is 0 Å². The zero-order valence-corrected chi connectivity index (χ0v) is 10.3. The van der Waals surface area contributed by atoms with E-state index in [1.165, 1.54) is 10.6 Å². The first-order valence-corrected chi connectivity index (χ1v) is 6.27. The van der Waals surface area contributed by atoms with Gasteiger partial charge in [-0.3, -0.25) is 5.10 Å². The van der Waals surface area contributed by atoms with E-state index in [0.717, 1.165) is 18.7 Å². The molecular weight excluding hydrogens is 220 g/mol. The number of nitrogens with one attached hydrogen (secondary N) is 2. The lowest BCUT2D eigenvalue weighted by Crippen LogP contribution is -2.21. The van der Waals surface area contributed by atoms with Gasteiger partial charge >= 0.3 is 0 Å². The van der Waals surface area contributed by atoms with E-state index in [2.05, 4.69) is 27.4 Å². The third-order valence-corrected chi connectivity index (χ3v) is 3.45. The molecule has 16 heavy (non-hydrogen) atoms. The Labute approximate surface area is 99.1 Å². The van der Waals surface area contributed by atoms with Gasteiger partial charge in [0, 0.05) is 41.8 Å². The highest BCUT2D eigenvalue weighted by molar-refractivity contribution is 7.09. The number of thiazole rings is 1. The van der Waals surface area contributed by atoms with Gasteiger partial charge in [0.2, 0.25) is 0 Å². The van der Waals surface area contributed by atoms with Crippen LogP contribution in [-0.2, 0) is 6.42 Å². The first-order chi connectivity index (χ1) is 7.77. The van der Waals surface area contributed by atoms with Crippen LogP contribution in [0, 0.1) is 6.92 Å². The van der Waals surface area contributed by atoms with E-state index in [1.807, 2.05) is 24.7 Å². The predicted octanol–water partition coefficient (Wildman–Crippen LogP) is 2.07. The minimum absolute atomic E-state index is 0.332. The average molecular weight is 236 g/mol. The number of hydrogen-bond donors (Lipinski definition) is 2. The molecule has 2 N–H and O–H groups in total. The van der Waals surface area contributed by atoms with Crippen LogP contribution in [0.2, 0.25) is 0 Å². The van der Waals surface area contributed by atoms with Crippen molar-refractivity contribution in [1.82, 2.24) is 20.5 Å². The van der Waals surface area contributed by atoms with Crippen molar-refractivity contribution in [2.75, 3.05) is 6.54 Å². The summed E-state index contributed by atoms with van der Waals surface area (Å²) in [6.45, 7) is 5.14. The molecule has 2 aromatic rings. The number of aromatic nitrogens is 3. The Morgan fingerprint density at radius 1 is 1.56 bits per heavy atom. The van der Waals surface area contributed by atoms with E-state index in [-0.39, 0.29) is 0 Å². The van der Waals surface area contributed by atoms with Crippen LogP contribution in [0.15, 0.2) is 17.8 Å². The predicted molar refractivity (Wildman–Crippen MR) is 65.6 cm³/mol. The van der Waals surface area contributed by atoms with Crippen molar-refractivity contribution in [3.8, 4) is 0 Å². The van der Waals surface area contributed by atoms with Gasteiger partial charge in [0.05, 0.1) is 11.2 Å². The maximum absolute atomic E-state index is 4.25. The average Bonchev–Trinajstić information content (AvgIpc) is 2.88. The fraction of sp³-hybridized carbons (Fsp3) is 0.455. The normalized spacial score (nSPS) is 12.9. The molecule has 1 unspecified atom stereocenters. The van der Waals surface area contributed by atoms with Gasteiger partial charge in [-0.15, -0.1) is 11.3 Å². The molecule has 0 saturated heterocycles. The summed E-state index contributed by atoms with van der Waals surface area (Å²) < 4.78 is 0. The summed E-state index contributed by atoms with van der Waals surface area (Å²) in [6, 6.07) is 0.332. The molecule has 2 heterocycles. The second-order valence-corrected chi connectivity index (χ2v) is 4.78. The van der Waals surface area contributed by atoms with Crippen LogP contribution in [0.3, 0.4) is 0 Å². The highest BCUT2D eigenvalue weighted by Gasteiger charge is 2.09. The topological polar surface area (TPSA) is 53.6 Å². The lowest BCUT2D eigenvalue weighted by Gasteiger charge is -2.12. The van der Waals surface area contributed by atoms with E-state index >= 15 is 0 Å². The molecule has 0 radical (unpaired) electrons. The lowest BCUT2D eigenvalue weighted by molar-refractivity contribution is 0.574. The third-order valence-electron chi connectivity index (χ3n) is 2.61. The van der Waals surface area contributed by atoms with Crippen LogP contribution >= 0.6 is 11.3 Å². The van der Waals surface area contributed by atoms with Crippen molar-refractivity contribution in [2.45, 2.75) is 26.3 Å². The number of nitrogens with zero attached hydrogens (tertiary/aromatic N) is 2. The first kappa shape index (κ1) is 11.3. The first-order valence-electron chi connectivity index (χ1n) is 5.39. The molecule has 0 amide bonds. The highest BCUT2D eigenvalue weighted by atomic mass is 32.1. The molecule has 2 rings (SSSR count). The van der Waals surface area contributed by atoms with Crippen LogP contribution < -0.4 is 5.32 Å². The molecule has 0 aliphatic heterocycles. The molecule has 0 aliphatic rings. The van der Waals surface area contributed by atoms with E-state index in [4.69, 9.17) is 0 Å². The molecule has 5 heteroatoms. The summed E-state index contributed by atoms with van der Waals surface area (Å²) in [5.74, 6) is 0. The highest BCUT2D eigenvalue weighted by Crippen LogP contribution is 2.14. The molecule has 0 aliphatic carbocycles. The SMILES string of the molecule is Cc1[nH]ncc1C(C)NCCc1nccs1. The quantitative estimate of drug-likeness (QED) is 0.835. The molecule has 0 fully saturated rings. The van der Waals surface area contributed by atoms with Gasteiger partial charge < -0.3 is 5.32 Å². The molecule has 0 aromatic carbocycles. The van der Waals surface area contributed by atoms with Gasteiger partial charge in [-0.1, -0.05) is 0 Å². The van der Waals surface area contributed by atoms with Gasteiger partial charge in [-0.2, -0.15) is 5.10 Å².